The Morgan fingerprint density at radius 3 is 2.64 bits per heavy atom. The van der Waals surface area contributed by atoms with Crippen LogP contribution >= 0.6 is 0 Å². The number of carbonyl (C=O) groups excluding carboxylic acids is 2. The third-order valence-corrected chi connectivity index (χ3v) is 5.37. The SMILES string of the molecule is C=C/C=C(\C)CC1NCC2(CCCCCC2)N(CC(=O)OCC)C1=O. The minimum Gasteiger partial charge on any atom is -0.465 e. The van der Waals surface area contributed by atoms with Crippen LogP contribution in [0.1, 0.15) is 58.8 Å². The minimum absolute atomic E-state index is 0.0259. The third-order valence-electron chi connectivity index (χ3n) is 5.37. The molecule has 1 spiro atoms. The van der Waals surface area contributed by atoms with Crippen LogP contribution in [0.2, 0.25) is 0 Å². The summed E-state index contributed by atoms with van der Waals surface area (Å²) in [6.07, 6.45) is 10.8. The molecule has 0 bridgehead atoms. The second kappa shape index (κ2) is 9.18. The van der Waals surface area contributed by atoms with Crippen LogP contribution in [0.5, 0.6) is 0 Å². The van der Waals surface area contributed by atoms with Gasteiger partial charge in [-0.3, -0.25) is 9.59 Å². The number of carbonyl (C=O) groups is 2. The van der Waals surface area contributed by atoms with Gasteiger partial charge in [0, 0.05) is 6.54 Å². The van der Waals surface area contributed by atoms with Crippen molar-refractivity contribution in [1.29, 1.82) is 0 Å². The number of hydrogen-bond donors (Lipinski definition) is 1. The summed E-state index contributed by atoms with van der Waals surface area (Å²) in [7, 11) is 0. The quantitative estimate of drug-likeness (QED) is 0.592. The average molecular weight is 348 g/mol. The van der Waals surface area contributed by atoms with E-state index in [1.807, 2.05) is 17.9 Å². The summed E-state index contributed by atoms with van der Waals surface area (Å²) >= 11 is 0. The molecule has 0 aromatic carbocycles. The Labute approximate surface area is 151 Å². The first-order valence-corrected chi connectivity index (χ1v) is 9.51. The van der Waals surface area contributed by atoms with Gasteiger partial charge in [-0.25, -0.2) is 0 Å². The molecule has 0 radical (unpaired) electrons. The van der Waals surface area contributed by atoms with E-state index in [1.165, 1.54) is 12.8 Å². The topological polar surface area (TPSA) is 58.6 Å². The van der Waals surface area contributed by atoms with E-state index in [2.05, 4.69) is 11.9 Å². The fraction of sp³-hybridized carbons (Fsp3) is 0.700. The zero-order chi connectivity index (χ0) is 18.3. The van der Waals surface area contributed by atoms with Gasteiger partial charge >= 0.3 is 5.97 Å². The van der Waals surface area contributed by atoms with Crippen molar-refractivity contribution in [1.82, 2.24) is 10.2 Å². The van der Waals surface area contributed by atoms with E-state index in [1.54, 1.807) is 13.0 Å². The number of ether oxygens (including phenoxy) is 1. The van der Waals surface area contributed by atoms with Crippen molar-refractivity contribution in [3.63, 3.8) is 0 Å². The smallest absolute Gasteiger partial charge is 0.325 e. The molecule has 1 saturated heterocycles. The molecule has 1 N–H and O–H groups in total. The van der Waals surface area contributed by atoms with Gasteiger partial charge in [0.25, 0.3) is 0 Å². The second-order valence-corrected chi connectivity index (χ2v) is 7.25. The Bertz CT molecular complexity index is 519. The van der Waals surface area contributed by atoms with Crippen LogP contribution in [0.3, 0.4) is 0 Å². The molecule has 5 nitrogen and oxygen atoms in total. The van der Waals surface area contributed by atoms with Gasteiger partial charge in [0.1, 0.15) is 6.54 Å². The largest absolute Gasteiger partial charge is 0.465 e. The molecule has 140 valence electrons. The van der Waals surface area contributed by atoms with Crippen molar-refractivity contribution >= 4 is 11.9 Å². The number of hydrogen-bond acceptors (Lipinski definition) is 4. The first kappa shape index (κ1) is 19.7. The first-order valence-electron chi connectivity index (χ1n) is 9.51. The van der Waals surface area contributed by atoms with Gasteiger partial charge in [0.2, 0.25) is 5.91 Å². The van der Waals surface area contributed by atoms with Gasteiger partial charge in [-0.1, -0.05) is 50.0 Å². The predicted molar refractivity (Wildman–Crippen MR) is 99.1 cm³/mol. The molecular weight excluding hydrogens is 316 g/mol. The maximum Gasteiger partial charge on any atom is 0.325 e. The Balaban J connectivity index is 2.21. The second-order valence-electron chi connectivity index (χ2n) is 7.25. The van der Waals surface area contributed by atoms with Crippen molar-refractivity contribution in [3.8, 4) is 0 Å². The Morgan fingerprint density at radius 1 is 1.36 bits per heavy atom. The Morgan fingerprint density at radius 2 is 2.04 bits per heavy atom. The summed E-state index contributed by atoms with van der Waals surface area (Å²) in [5, 5.41) is 3.46. The lowest BCUT2D eigenvalue weighted by atomic mass is 9.84. The normalized spacial score (nSPS) is 24.1. The fourth-order valence-electron chi connectivity index (χ4n) is 4.08. The van der Waals surface area contributed by atoms with Gasteiger partial charge in [0.05, 0.1) is 18.2 Å². The van der Waals surface area contributed by atoms with Crippen molar-refractivity contribution in [3.05, 3.63) is 24.3 Å². The molecule has 2 aliphatic rings. The monoisotopic (exact) mass is 348 g/mol. The van der Waals surface area contributed by atoms with E-state index >= 15 is 0 Å². The Kier molecular flexibility index (Phi) is 7.24. The number of rotatable bonds is 6. The summed E-state index contributed by atoms with van der Waals surface area (Å²) in [5.41, 5.74) is 0.862. The number of esters is 1. The molecule has 1 unspecified atom stereocenters. The summed E-state index contributed by atoms with van der Waals surface area (Å²) < 4.78 is 5.14. The van der Waals surface area contributed by atoms with E-state index < -0.39 is 0 Å². The van der Waals surface area contributed by atoms with Crippen LogP contribution < -0.4 is 5.32 Å². The van der Waals surface area contributed by atoms with Gasteiger partial charge in [-0.15, -0.1) is 0 Å². The number of allylic oxidation sites excluding steroid dienone is 2. The van der Waals surface area contributed by atoms with Crippen LogP contribution in [-0.2, 0) is 14.3 Å². The van der Waals surface area contributed by atoms with Crippen LogP contribution in [0.4, 0.5) is 0 Å². The molecule has 25 heavy (non-hydrogen) atoms. The molecule has 1 saturated carbocycles. The van der Waals surface area contributed by atoms with Gasteiger partial charge < -0.3 is 15.0 Å². The number of amides is 1. The van der Waals surface area contributed by atoms with Gasteiger partial charge in [-0.05, 0) is 33.1 Å². The molecule has 0 aromatic heterocycles. The summed E-state index contributed by atoms with van der Waals surface area (Å²) in [5.74, 6) is -0.281. The maximum atomic E-state index is 13.2. The summed E-state index contributed by atoms with van der Waals surface area (Å²) in [4.78, 5) is 27.2. The zero-order valence-electron chi connectivity index (χ0n) is 15.7. The highest BCUT2D eigenvalue weighted by molar-refractivity contribution is 5.87. The van der Waals surface area contributed by atoms with Crippen LogP contribution in [-0.4, -0.2) is 48.1 Å². The molecule has 1 aliphatic heterocycles. The van der Waals surface area contributed by atoms with Crippen LogP contribution in [0.25, 0.3) is 0 Å². The average Bonchev–Trinajstić information content (AvgIpc) is 2.81. The maximum absolute atomic E-state index is 13.2. The van der Waals surface area contributed by atoms with E-state index in [9.17, 15) is 9.59 Å². The number of piperazine rings is 1. The molecular formula is C20H32N2O3. The van der Waals surface area contributed by atoms with E-state index in [0.717, 1.165) is 37.8 Å². The van der Waals surface area contributed by atoms with Crippen molar-refractivity contribution in [2.45, 2.75) is 70.4 Å². The number of nitrogens with zero attached hydrogens (tertiary/aromatic N) is 1. The lowest BCUT2D eigenvalue weighted by Crippen LogP contribution is -2.68. The molecule has 1 amide bonds. The van der Waals surface area contributed by atoms with E-state index in [4.69, 9.17) is 4.74 Å². The van der Waals surface area contributed by atoms with Crippen LogP contribution in [0, 0.1) is 0 Å². The van der Waals surface area contributed by atoms with Crippen molar-refractivity contribution < 1.29 is 14.3 Å². The molecule has 1 heterocycles. The molecule has 5 heteroatoms. The fourth-order valence-corrected chi connectivity index (χ4v) is 4.08. The lowest BCUT2D eigenvalue weighted by molar-refractivity contribution is -0.157. The van der Waals surface area contributed by atoms with E-state index in [-0.39, 0.29) is 30.0 Å². The number of nitrogens with one attached hydrogen (secondary N) is 1. The molecule has 2 fully saturated rings. The van der Waals surface area contributed by atoms with Gasteiger partial charge in [-0.2, -0.15) is 0 Å². The highest BCUT2D eigenvalue weighted by Gasteiger charge is 2.46. The van der Waals surface area contributed by atoms with Crippen molar-refractivity contribution in [2.75, 3.05) is 19.7 Å². The highest BCUT2D eigenvalue weighted by Crippen LogP contribution is 2.35. The van der Waals surface area contributed by atoms with Crippen LogP contribution in [0.15, 0.2) is 24.3 Å². The van der Waals surface area contributed by atoms with E-state index in [0.29, 0.717) is 13.0 Å². The van der Waals surface area contributed by atoms with Gasteiger partial charge in [0.15, 0.2) is 0 Å². The zero-order valence-corrected chi connectivity index (χ0v) is 15.7. The highest BCUT2D eigenvalue weighted by atomic mass is 16.5. The molecule has 0 aromatic rings. The lowest BCUT2D eigenvalue weighted by Gasteiger charge is -2.49. The third kappa shape index (κ3) is 4.94. The summed E-state index contributed by atoms with van der Waals surface area (Å²) in [6, 6.07) is -0.278. The minimum atomic E-state index is -0.307. The predicted octanol–water partition coefficient (Wildman–Crippen LogP) is 2.97. The standard InChI is InChI=1S/C20H32N2O3/c1-4-10-16(3)13-17-19(24)22(14-18(23)25-5-2)20(15-21-17)11-8-6-7-9-12-20/h4,10,17,21H,1,5-9,11-15H2,2-3H3/b16-10+. The molecule has 2 rings (SSSR count). The summed E-state index contributed by atoms with van der Waals surface area (Å²) in [6.45, 7) is 8.67. The Hall–Kier alpha value is -1.62. The first-order chi connectivity index (χ1) is 12.0. The van der Waals surface area contributed by atoms with Crippen molar-refractivity contribution in [2.24, 2.45) is 0 Å². The molecule has 1 atom stereocenters. The molecule has 1 aliphatic carbocycles.